The lowest BCUT2D eigenvalue weighted by atomic mass is 9.89. The lowest BCUT2D eigenvalue weighted by Crippen LogP contribution is -2.56. The van der Waals surface area contributed by atoms with Crippen molar-refractivity contribution in [2.75, 3.05) is 13.7 Å². The van der Waals surface area contributed by atoms with Gasteiger partial charge in [-0.2, -0.15) is 0 Å². The van der Waals surface area contributed by atoms with E-state index in [1.165, 1.54) is 14.0 Å². The van der Waals surface area contributed by atoms with Crippen molar-refractivity contribution < 1.29 is 24.2 Å². The molecule has 0 saturated carbocycles. The lowest BCUT2D eigenvalue weighted by Gasteiger charge is -2.33. The third-order valence-electron chi connectivity index (χ3n) is 3.11. The van der Waals surface area contributed by atoms with Gasteiger partial charge in [0.15, 0.2) is 5.54 Å². The number of alkyl carbamates (subject to hydrolysis) is 1. The zero-order valence-corrected chi connectivity index (χ0v) is 12.5. The SMILES string of the molecule is CCCOC(=O)NC(C)(C(=O)O)C(OC)c1ccccc1. The van der Waals surface area contributed by atoms with Crippen molar-refractivity contribution in [1.29, 1.82) is 0 Å². The molecule has 2 N–H and O–H groups in total. The Bertz CT molecular complexity index is 476. The molecule has 1 aromatic carbocycles. The van der Waals surface area contributed by atoms with Crippen molar-refractivity contribution in [1.82, 2.24) is 5.32 Å². The monoisotopic (exact) mass is 295 g/mol. The number of nitrogens with one attached hydrogen (secondary N) is 1. The molecular weight excluding hydrogens is 274 g/mol. The Kier molecular flexibility index (Phi) is 6.17. The highest BCUT2D eigenvalue weighted by atomic mass is 16.5. The minimum Gasteiger partial charge on any atom is -0.479 e. The molecule has 0 spiro atoms. The molecule has 0 heterocycles. The van der Waals surface area contributed by atoms with Crippen LogP contribution in [0, 0.1) is 0 Å². The maximum atomic E-state index is 11.7. The first-order valence-electron chi connectivity index (χ1n) is 6.71. The second-order valence-corrected chi connectivity index (χ2v) is 4.79. The molecule has 0 aliphatic carbocycles. The maximum absolute atomic E-state index is 11.7. The summed E-state index contributed by atoms with van der Waals surface area (Å²) in [5.41, 5.74) is -0.985. The van der Waals surface area contributed by atoms with Gasteiger partial charge < -0.3 is 19.9 Å². The van der Waals surface area contributed by atoms with E-state index in [9.17, 15) is 14.7 Å². The minimum atomic E-state index is -1.64. The molecule has 1 aromatic rings. The molecule has 6 nitrogen and oxygen atoms in total. The average Bonchev–Trinajstić information content (AvgIpc) is 2.46. The number of hydrogen-bond acceptors (Lipinski definition) is 4. The van der Waals surface area contributed by atoms with Crippen LogP contribution in [0.3, 0.4) is 0 Å². The predicted octanol–water partition coefficient (Wildman–Crippen LogP) is 2.35. The molecule has 2 atom stereocenters. The fourth-order valence-corrected chi connectivity index (χ4v) is 2.01. The number of amides is 1. The summed E-state index contributed by atoms with van der Waals surface area (Å²) in [5, 5.41) is 11.9. The van der Waals surface area contributed by atoms with Gasteiger partial charge in [-0.3, -0.25) is 0 Å². The highest BCUT2D eigenvalue weighted by Gasteiger charge is 2.44. The first kappa shape index (κ1) is 17.0. The summed E-state index contributed by atoms with van der Waals surface area (Å²) < 4.78 is 10.2. The summed E-state index contributed by atoms with van der Waals surface area (Å²) in [6, 6.07) is 8.86. The number of carbonyl (C=O) groups excluding carboxylic acids is 1. The van der Waals surface area contributed by atoms with Crippen molar-refractivity contribution in [2.24, 2.45) is 0 Å². The molecule has 0 bridgehead atoms. The number of aliphatic carboxylic acids is 1. The first-order chi connectivity index (χ1) is 9.95. The highest BCUT2D eigenvalue weighted by molar-refractivity contribution is 5.85. The topological polar surface area (TPSA) is 84.9 Å². The van der Waals surface area contributed by atoms with Gasteiger partial charge in [-0.15, -0.1) is 0 Å². The largest absolute Gasteiger partial charge is 0.479 e. The Morgan fingerprint density at radius 3 is 2.43 bits per heavy atom. The van der Waals surface area contributed by atoms with E-state index in [-0.39, 0.29) is 6.61 Å². The molecule has 0 aliphatic heterocycles. The fraction of sp³-hybridized carbons (Fsp3) is 0.467. The van der Waals surface area contributed by atoms with Crippen LogP contribution >= 0.6 is 0 Å². The van der Waals surface area contributed by atoms with Gasteiger partial charge in [0.25, 0.3) is 0 Å². The number of rotatable bonds is 7. The lowest BCUT2D eigenvalue weighted by molar-refractivity contribution is -0.150. The molecule has 6 heteroatoms. The standard InChI is InChI=1S/C15H21NO5/c1-4-10-21-14(19)16-15(2,13(17)18)12(20-3)11-8-6-5-7-9-11/h5-9,12H,4,10H2,1-3H3,(H,16,19)(H,17,18). The molecular formula is C15H21NO5. The van der Waals surface area contributed by atoms with Gasteiger partial charge in [-0.25, -0.2) is 9.59 Å². The maximum Gasteiger partial charge on any atom is 0.408 e. The molecule has 0 aliphatic rings. The van der Waals surface area contributed by atoms with Crippen LogP contribution in [0.15, 0.2) is 30.3 Å². The van der Waals surface area contributed by atoms with E-state index in [1.54, 1.807) is 24.3 Å². The summed E-state index contributed by atoms with van der Waals surface area (Å²) in [6.07, 6.45) is -0.964. The van der Waals surface area contributed by atoms with Crippen LogP contribution in [0.1, 0.15) is 31.9 Å². The molecule has 116 valence electrons. The smallest absolute Gasteiger partial charge is 0.408 e. The summed E-state index contributed by atoms with van der Waals surface area (Å²) in [6.45, 7) is 3.47. The minimum absolute atomic E-state index is 0.227. The number of ether oxygens (including phenoxy) is 2. The van der Waals surface area contributed by atoms with E-state index in [2.05, 4.69) is 5.32 Å². The average molecular weight is 295 g/mol. The van der Waals surface area contributed by atoms with Crippen LogP contribution in [-0.2, 0) is 14.3 Å². The molecule has 2 unspecified atom stereocenters. The number of carboxylic acids is 1. The van der Waals surface area contributed by atoms with Gasteiger partial charge >= 0.3 is 12.1 Å². The third kappa shape index (κ3) is 4.19. The number of carboxylic acid groups (broad SMARTS) is 1. The molecule has 1 rings (SSSR count). The van der Waals surface area contributed by atoms with Gasteiger partial charge in [0.05, 0.1) is 6.61 Å². The summed E-state index contributed by atoms with van der Waals surface area (Å²) in [7, 11) is 1.40. The molecule has 1 amide bonds. The second kappa shape index (κ2) is 7.64. The second-order valence-electron chi connectivity index (χ2n) is 4.79. The molecule has 21 heavy (non-hydrogen) atoms. The van der Waals surface area contributed by atoms with E-state index in [4.69, 9.17) is 9.47 Å². The Balaban J connectivity index is 3.02. The Labute approximate surface area is 124 Å². The normalized spacial score (nSPS) is 14.8. The molecule has 0 radical (unpaired) electrons. The first-order valence-corrected chi connectivity index (χ1v) is 6.71. The van der Waals surface area contributed by atoms with Crippen LogP contribution in [0.2, 0.25) is 0 Å². The quantitative estimate of drug-likeness (QED) is 0.806. The van der Waals surface area contributed by atoms with Crippen molar-refractivity contribution in [2.45, 2.75) is 31.9 Å². The van der Waals surface area contributed by atoms with Crippen LogP contribution in [-0.4, -0.2) is 36.4 Å². The molecule has 0 fully saturated rings. The van der Waals surface area contributed by atoms with Gasteiger partial charge in [-0.1, -0.05) is 37.3 Å². The van der Waals surface area contributed by atoms with Crippen molar-refractivity contribution in [3.8, 4) is 0 Å². The fourth-order valence-electron chi connectivity index (χ4n) is 2.01. The van der Waals surface area contributed by atoms with Crippen LogP contribution < -0.4 is 5.32 Å². The van der Waals surface area contributed by atoms with E-state index < -0.39 is 23.7 Å². The van der Waals surface area contributed by atoms with Crippen molar-refractivity contribution in [3.63, 3.8) is 0 Å². The van der Waals surface area contributed by atoms with Gasteiger partial charge in [0.2, 0.25) is 0 Å². The zero-order valence-electron chi connectivity index (χ0n) is 12.5. The van der Waals surface area contributed by atoms with Crippen molar-refractivity contribution in [3.05, 3.63) is 35.9 Å². The molecule has 0 aromatic heterocycles. The Morgan fingerprint density at radius 2 is 1.95 bits per heavy atom. The summed E-state index contributed by atoms with van der Waals surface area (Å²) >= 11 is 0. The van der Waals surface area contributed by atoms with Crippen LogP contribution in [0.5, 0.6) is 0 Å². The van der Waals surface area contributed by atoms with Gasteiger partial charge in [-0.05, 0) is 18.9 Å². The number of methoxy groups -OCH3 is 1. The number of carbonyl (C=O) groups is 2. The zero-order chi connectivity index (χ0) is 15.9. The van der Waals surface area contributed by atoms with Crippen LogP contribution in [0.25, 0.3) is 0 Å². The van der Waals surface area contributed by atoms with Crippen molar-refractivity contribution >= 4 is 12.1 Å². The van der Waals surface area contributed by atoms with E-state index in [0.717, 1.165) is 0 Å². The third-order valence-corrected chi connectivity index (χ3v) is 3.11. The number of hydrogen-bond donors (Lipinski definition) is 2. The van der Waals surface area contributed by atoms with E-state index in [1.807, 2.05) is 13.0 Å². The Morgan fingerprint density at radius 1 is 1.33 bits per heavy atom. The van der Waals surface area contributed by atoms with Gasteiger partial charge in [0, 0.05) is 7.11 Å². The highest BCUT2D eigenvalue weighted by Crippen LogP contribution is 2.29. The Hall–Kier alpha value is -2.08. The van der Waals surface area contributed by atoms with Gasteiger partial charge in [0.1, 0.15) is 6.10 Å². The number of benzene rings is 1. The summed E-state index contributed by atoms with van der Waals surface area (Å²) in [5.74, 6) is -1.20. The van der Waals surface area contributed by atoms with Crippen LogP contribution in [0.4, 0.5) is 4.79 Å². The van der Waals surface area contributed by atoms with E-state index >= 15 is 0 Å². The molecule has 0 saturated heterocycles. The predicted molar refractivity (Wildman–Crippen MR) is 77.0 cm³/mol. The van der Waals surface area contributed by atoms with E-state index in [0.29, 0.717) is 12.0 Å². The summed E-state index contributed by atoms with van der Waals surface area (Å²) in [4.78, 5) is 23.4.